The Morgan fingerprint density at radius 3 is 1.81 bits per heavy atom. The predicted molar refractivity (Wildman–Crippen MR) is 107 cm³/mol. The summed E-state index contributed by atoms with van der Waals surface area (Å²) in [4.78, 5) is 0. The minimum absolute atomic E-state index is 0.0971. The lowest BCUT2D eigenvalue weighted by Gasteiger charge is -2.21. The Bertz CT molecular complexity index is 872. The summed E-state index contributed by atoms with van der Waals surface area (Å²) in [6.45, 7) is 0. The fourth-order valence-corrected chi connectivity index (χ4v) is 3.64. The number of nitrogens with zero attached hydrogens (tertiary/aromatic N) is 1. The molecule has 0 radical (unpaired) electrons. The minimum atomic E-state index is -3.34. The quantitative estimate of drug-likeness (QED) is 0.278. The Hall–Kier alpha value is -3.24. The van der Waals surface area contributed by atoms with Gasteiger partial charge in [-0.1, -0.05) is 48.5 Å². The van der Waals surface area contributed by atoms with E-state index < -0.39 is 7.59 Å². The Balaban J connectivity index is 1.80. The molecule has 0 aliphatic heterocycles. The van der Waals surface area contributed by atoms with Crippen molar-refractivity contribution in [1.82, 2.24) is 5.20 Å². The Kier molecular flexibility index (Phi) is 5.56. The SMILES string of the molecule is O=P(NN=Cc1ccccc1O)(Nc1ccccc1)Nc1ccccc1. The van der Waals surface area contributed by atoms with Crippen molar-refractivity contribution in [3.05, 3.63) is 90.5 Å². The fraction of sp³-hybridized carbons (Fsp3) is 0. The second-order valence-electron chi connectivity index (χ2n) is 5.48. The van der Waals surface area contributed by atoms with Crippen molar-refractivity contribution in [3.63, 3.8) is 0 Å². The number of rotatable bonds is 7. The molecule has 4 N–H and O–H groups in total. The molecule has 0 heterocycles. The summed E-state index contributed by atoms with van der Waals surface area (Å²) in [5.74, 6) is 0.0971. The van der Waals surface area contributed by atoms with Gasteiger partial charge in [-0.05, 0) is 36.4 Å². The molecule has 6 nitrogen and oxygen atoms in total. The molecule has 0 atom stereocenters. The van der Waals surface area contributed by atoms with Gasteiger partial charge in [0.05, 0.1) is 6.21 Å². The highest BCUT2D eigenvalue weighted by Gasteiger charge is 2.21. The Morgan fingerprint density at radius 2 is 1.27 bits per heavy atom. The van der Waals surface area contributed by atoms with Crippen molar-refractivity contribution in [2.45, 2.75) is 0 Å². The normalized spacial score (nSPS) is 11.2. The van der Waals surface area contributed by atoms with Crippen LogP contribution >= 0.6 is 7.59 Å². The van der Waals surface area contributed by atoms with Gasteiger partial charge in [0.15, 0.2) is 0 Å². The summed E-state index contributed by atoms with van der Waals surface area (Å²) < 4.78 is 13.3. The monoisotopic (exact) mass is 366 g/mol. The van der Waals surface area contributed by atoms with Crippen LogP contribution in [0.2, 0.25) is 0 Å². The van der Waals surface area contributed by atoms with Crippen LogP contribution in [0.15, 0.2) is 90.0 Å². The fourth-order valence-electron chi connectivity index (χ4n) is 2.24. The van der Waals surface area contributed by atoms with E-state index in [0.717, 1.165) is 0 Å². The molecule has 26 heavy (non-hydrogen) atoms. The number of anilines is 2. The molecule has 0 aromatic heterocycles. The van der Waals surface area contributed by atoms with Crippen LogP contribution in [-0.4, -0.2) is 11.3 Å². The molecule has 132 valence electrons. The second-order valence-corrected chi connectivity index (χ2v) is 7.35. The van der Waals surface area contributed by atoms with Gasteiger partial charge in [0, 0.05) is 16.9 Å². The van der Waals surface area contributed by atoms with E-state index in [2.05, 4.69) is 20.5 Å². The summed E-state index contributed by atoms with van der Waals surface area (Å²) in [5, 5.41) is 22.4. The molecule has 0 saturated heterocycles. The van der Waals surface area contributed by atoms with Crippen LogP contribution in [0.4, 0.5) is 11.4 Å². The maximum Gasteiger partial charge on any atom is 0.368 e. The molecule has 3 aromatic rings. The summed E-state index contributed by atoms with van der Waals surface area (Å²) in [6, 6.07) is 25.2. The van der Waals surface area contributed by atoms with Gasteiger partial charge < -0.3 is 15.3 Å². The zero-order chi connectivity index (χ0) is 18.2. The molecular formula is C19H19N4O2P. The topological polar surface area (TPSA) is 85.8 Å². The van der Waals surface area contributed by atoms with Crippen molar-refractivity contribution < 1.29 is 9.67 Å². The van der Waals surface area contributed by atoms with Gasteiger partial charge in [0.25, 0.3) is 0 Å². The molecule has 0 unspecified atom stereocenters. The predicted octanol–water partition coefficient (Wildman–Crippen LogP) is 4.65. The molecule has 0 aliphatic rings. The lowest BCUT2D eigenvalue weighted by molar-refractivity contribution is 0.474. The van der Waals surface area contributed by atoms with Crippen LogP contribution in [0.1, 0.15) is 5.56 Å². The van der Waals surface area contributed by atoms with Crippen LogP contribution in [0, 0.1) is 0 Å². The summed E-state index contributed by atoms with van der Waals surface area (Å²) in [5.41, 5.74) is 1.89. The minimum Gasteiger partial charge on any atom is -0.507 e. The van der Waals surface area contributed by atoms with Crippen molar-refractivity contribution in [3.8, 4) is 5.75 Å². The van der Waals surface area contributed by atoms with Crippen LogP contribution in [0.5, 0.6) is 5.75 Å². The molecule has 0 amide bonds. The van der Waals surface area contributed by atoms with Crippen molar-refractivity contribution in [2.24, 2.45) is 5.10 Å². The second kappa shape index (κ2) is 8.23. The highest BCUT2D eigenvalue weighted by Crippen LogP contribution is 2.41. The highest BCUT2D eigenvalue weighted by molar-refractivity contribution is 7.64. The van der Waals surface area contributed by atoms with E-state index in [0.29, 0.717) is 16.9 Å². The third-order valence-electron chi connectivity index (χ3n) is 3.46. The van der Waals surface area contributed by atoms with E-state index in [1.807, 2.05) is 60.7 Å². The van der Waals surface area contributed by atoms with Gasteiger partial charge in [-0.3, -0.25) is 0 Å². The smallest absolute Gasteiger partial charge is 0.368 e. The molecule has 0 spiro atoms. The number of phenols is 1. The highest BCUT2D eigenvalue weighted by atomic mass is 31.2. The van der Waals surface area contributed by atoms with E-state index in [-0.39, 0.29) is 5.75 Å². The molecule has 0 aliphatic carbocycles. The van der Waals surface area contributed by atoms with Crippen molar-refractivity contribution in [2.75, 3.05) is 10.2 Å². The molecule has 3 rings (SSSR count). The maximum atomic E-state index is 13.3. The number of phenolic OH excluding ortho intramolecular Hbond substituents is 1. The molecule has 0 bridgehead atoms. The lowest BCUT2D eigenvalue weighted by Crippen LogP contribution is -2.17. The van der Waals surface area contributed by atoms with Crippen LogP contribution in [-0.2, 0) is 4.57 Å². The molecule has 7 heteroatoms. The summed E-state index contributed by atoms with van der Waals surface area (Å²) in [7, 11) is -3.34. The average Bonchev–Trinajstić information content (AvgIpc) is 2.65. The van der Waals surface area contributed by atoms with Gasteiger partial charge in [-0.15, -0.1) is 0 Å². The van der Waals surface area contributed by atoms with Gasteiger partial charge in [-0.2, -0.15) is 5.10 Å². The number of hydrazone groups is 1. The number of para-hydroxylation sites is 3. The van der Waals surface area contributed by atoms with E-state index in [1.165, 1.54) is 6.21 Å². The largest absolute Gasteiger partial charge is 0.507 e. The van der Waals surface area contributed by atoms with Gasteiger partial charge >= 0.3 is 7.59 Å². The third kappa shape index (κ3) is 4.88. The number of benzene rings is 3. The molecule has 0 saturated carbocycles. The molecular weight excluding hydrogens is 347 g/mol. The number of aromatic hydroxyl groups is 1. The summed E-state index contributed by atoms with van der Waals surface area (Å²) >= 11 is 0. The van der Waals surface area contributed by atoms with Gasteiger partial charge in [0.1, 0.15) is 5.75 Å². The first-order valence-corrected chi connectivity index (χ1v) is 9.70. The number of hydrogen-bond acceptors (Lipinski definition) is 3. The van der Waals surface area contributed by atoms with Crippen LogP contribution in [0.25, 0.3) is 0 Å². The van der Waals surface area contributed by atoms with E-state index in [1.54, 1.807) is 24.3 Å². The van der Waals surface area contributed by atoms with Crippen LogP contribution < -0.4 is 15.4 Å². The maximum absolute atomic E-state index is 13.3. The Labute approximate surface area is 152 Å². The average molecular weight is 366 g/mol. The van der Waals surface area contributed by atoms with Gasteiger partial charge in [0.2, 0.25) is 0 Å². The standard InChI is InChI=1S/C19H19N4O2P/c24-19-14-8-7-9-16(19)15-20-23-26(25,21-17-10-3-1-4-11-17)22-18-12-5-2-6-13-18/h1-15,24H,(H3,21,22,23,25). The van der Waals surface area contributed by atoms with E-state index >= 15 is 0 Å². The number of nitrogens with one attached hydrogen (secondary N) is 3. The van der Waals surface area contributed by atoms with Gasteiger partial charge in [-0.25, -0.2) is 9.76 Å². The van der Waals surface area contributed by atoms with E-state index in [9.17, 15) is 9.67 Å². The first-order valence-electron chi connectivity index (χ1n) is 8.00. The Morgan fingerprint density at radius 1 is 0.769 bits per heavy atom. The molecule has 0 fully saturated rings. The number of hydrogen-bond donors (Lipinski definition) is 4. The van der Waals surface area contributed by atoms with Crippen molar-refractivity contribution in [1.29, 1.82) is 0 Å². The molecule has 3 aromatic carbocycles. The first-order chi connectivity index (χ1) is 12.6. The van der Waals surface area contributed by atoms with Crippen LogP contribution in [0.3, 0.4) is 0 Å². The van der Waals surface area contributed by atoms with E-state index in [4.69, 9.17) is 0 Å². The zero-order valence-corrected chi connectivity index (χ0v) is 14.8. The zero-order valence-electron chi connectivity index (χ0n) is 13.9. The lowest BCUT2D eigenvalue weighted by atomic mass is 10.2. The summed E-state index contributed by atoms with van der Waals surface area (Å²) in [6.07, 6.45) is 1.42. The third-order valence-corrected chi connectivity index (χ3v) is 5.00. The van der Waals surface area contributed by atoms with Crippen molar-refractivity contribution >= 4 is 25.2 Å². The first kappa shape index (κ1) is 17.6.